The predicted molar refractivity (Wildman–Crippen MR) is 98.7 cm³/mol. The van der Waals surface area contributed by atoms with Crippen LogP contribution in [0.25, 0.3) is 0 Å². The summed E-state index contributed by atoms with van der Waals surface area (Å²) in [7, 11) is 0. The molecule has 2 aromatic heterocycles. The maximum Gasteiger partial charge on any atom is 0.185 e. The quantitative estimate of drug-likeness (QED) is 0.834. The van der Waals surface area contributed by atoms with Crippen molar-refractivity contribution in [2.24, 2.45) is 0 Å². The summed E-state index contributed by atoms with van der Waals surface area (Å²) in [5, 5.41) is 9.45. The topological polar surface area (TPSA) is 58.9 Å². The molecular weight excluding hydrogens is 320 g/mol. The van der Waals surface area contributed by atoms with E-state index in [0.29, 0.717) is 12.0 Å². The van der Waals surface area contributed by atoms with Gasteiger partial charge in [-0.3, -0.25) is 0 Å². The van der Waals surface area contributed by atoms with E-state index >= 15 is 0 Å². The molecule has 24 heavy (non-hydrogen) atoms. The van der Waals surface area contributed by atoms with Crippen molar-refractivity contribution in [1.82, 2.24) is 25.1 Å². The first kappa shape index (κ1) is 17.4. The van der Waals surface area contributed by atoms with E-state index in [1.165, 1.54) is 4.88 Å². The van der Waals surface area contributed by atoms with Gasteiger partial charge in [-0.2, -0.15) is 5.10 Å². The molecule has 0 radical (unpaired) electrons. The highest BCUT2D eigenvalue weighted by Crippen LogP contribution is 2.23. The lowest BCUT2D eigenvalue weighted by Gasteiger charge is -2.23. The molecule has 132 valence electrons. The highest BCUT2D eigenvalue weighted by atomic mass is 32.1. The zero-order valence-electron chi connectivity index (χ0n) is 15.1. The third kappa shape index (κ3) is 3.78. The molecular formula is C17H28N6S. The molecule has 1 N–H and O–H groups in total. The molecule has 1 atom stereocenters. The van der Waals surface area contributed by atoms with Gasteiger partial charge in [-0.15, -0.1) is 11.3 Å². The molecule has 0 fully saturated rings. The Balaban J connectivity index is 1.56. The van der Waals surface area contributed by atoms with Gasteiger partial charge in [0.05, 0.1) is 6.54 Å². The van der Waals surface area contributed by atoms with Gasteiger partial charge < -0.3 is 10.2 Å². The Bertz CT molecular complexity index is 658. The second kappa shape index (κ2) is 7.61. The van der Waals surface area contributed by atoms with Gasteiger partial charge in [0.15, 0.2) is 11.0 Å². The third-order valence-corrected chi connectivity index (χ3v) is 5.59. The summed E-state index contributed by atoms with van der Waals surface area (Å²) in [5.41, 5.74) is 0. The number of fused-ring (bicyclic) bond motifs is 1. The van der Waals surface area contributed by atoms with Gasteiger partial charge in [0.25, 0.3) is 0 Å². The Morgan fingerprint density at radius 2 is 2.17 bits per heavy atom. The maximum atomic E-state index is 4.66. The zero-order valence-corrected chi connectivity index (χ0v) is 15.9. The van der Waals surface area contributed by atoms with Crippen LogP contribution in [-0.4, -0.2) is 38.9 Å². The molecule has 1 aliphatic heterocycles. The molecule has 6 nitrogen and oxygen atoms in total. The first-order chi connectivity index (χ1) is 11.6. The molecule has 2 aromatic rings. The second-order valence-corrected chi connectivity index (χ2v) is 7.71. The maximum absolute atomic E-state index is 4.66. The number of nitrogens with one attached hydrogen (secondary N) is 1. The molecule has 0 aromatic carbocycles. The average Bonchev–Trinajstić information content (AvgIpc) is 3.20. The predicted octanol–water partition coefficient (Wildman–Crippen LogP) is 2.81. The van der Waals surface area contributed by atoms with E-state index in [-0.39, 0.29) is 0 Å². The Morgan fingerprint density at radius 3 is 2.88 bits per heavy atom. The van der Waals surface area contributed by atoms with Gasteiger partial charge in [0, 0.05) is 49.1 Å². The monoisotopic (exact) mass is 348 g/mol. The minimum atomic E-state index is 0.394. The summed E-state index contributed by atoms with van der Waals surface area (Å²) >= 11 is 1.79. The Kier molecular flexibility index (Phi) is 5.50. The van der Waals surface area contributed by atoms with Crippen molar-refractivity contribution in [3.63, 3.8) is 0 Å². The van der Waals surface area contributed by atoms with Crippen LogP contribution in [0, 0.1) is 0 Å². The van der Waals surface area contributed by atoms with Crippen LogP contribution in [0.3, 0.4) is 0 Å². The van der Waals surface area contributed by atoms with Crippen LogP contribution in [0.2, 0.25) is 0 Å². The van der Waals surface area contributed by atoms with Crippen LogP contribution >= 0.6 is 11.3 Å². The van der Waals surface area contributed by atoms with E-state index in [9.17, 15) is 0 Å². The highest BCUT2D eigenvalue weighted by molar-refractivity contribution is 7.15. The van der Waals surface area contributed by atoms with Crippen LogP contribution in [-0.2, 0) is 19.5 Å². The summed E-state index contributed by atoms with van der Waals surface area (Å²) in [6.45, 7) is 12.4. The van der Waals surface area contributed by atoms with Crippen LogP contribution in [0.4, 0.5) is 5.13 Å². The Labute approximate surface area is 148 Å². The van der Waals surface area contributed by atoms with E-state index in [2.05, 4.69) is 57.7 Å². The zero-order chi connectivity index (χ0) is 17.1. The lowest BCUT2D eigenvalue weighted by Crippen LogP contribution is -2.37. The average molecular weight is 349 g/mol. The van der Waals surface area contributed by atoms with Crippen LogP contribution in [0.1, 0.15) is 56.6 Å². The first-order valence-corrected chi connectivity index (χ1v) is 9.79. The minimum absolute atomic E-state index is 0.394. The largest absolute Gasteiger partial charge is 0.349 e. The smallest absolute Gasteiger partial charge is 0.185 e. The molecule has 0 bridgehead atoms. The molecule has 0 saturated carbocycles. The summed E-state index contributed by atoms with van der Waals surface area (Å²) in [5.74, 6) is 2.50. The van der Waals surface area contributed by atoms with E-state index in [1.54, 1.807) is 11.3 Å². The van der Waals surface area contributed by atoms with E-state index in [0.717, 1.165) is 55.8 Å². The van der Waals surface area contributed by atoms with Crippen LogP contribution < -0.4 is 10.2 Å². The van der Waals surface area contributed by atoms with E-state index in [1.807, 2.05) is 6.20 Å². The van der Waals surface area contributed by atoms with Crippen molar-refractivity contribution in [2.75, 3.05) is 18.0 Å². The standard InChI is InChI=1S/C17H28N6S/c1-5-22(6-2)17-19-10-14(24-17)9-18-13-7-8-15-20-16(12(3)4)21-23(15)11-13/h10,12-13,18H,5-9,11H2,1-4H3/t13-/m0/s1. The highest BCUT2D eigenvalue weighted by Gasteiger charge is 2.22. The lowest BCUT2D eigenvalue weighted by atomic mass is 10.1. The minimum Gasteiger partial charge on any atom is -0.349 e. The SMILES string of the molecule is CCN(CC)c1ncc(CN[C@H]2CCc3nc(C(C)C)nn3C2)s1. The van der Waals surface area contributed by atoms with Gasteiger partial charge in [0.2, 0.25) is 0 Å². The van der Waals surface area contributed by atoms with E-state index in [4.69, 9.17) is 0 Å². The fraction of sp³-hybridized carbons (Fsp3) is 0.706. The second-order valence-electron chi connectivity index (χ2n) is 6.62. The van der Waals surface area contributed by atoms with Crippen molar-refractivity contribution < 1.29 is 0 Å². The normalized spacial score (nSPS) is 17.3. The van der Waals surface area contributed by atoms with Gasteiger partial charge in [0.1, 0.15) is 5.82 Å². The van der Waals surface area contributed by atoms with Crippen molar-refractivity contribution in [3.05, 3.63) is 22.7 Å². The molecule has 0 amide bonds. The molecule has 0 unspecified atom stereocenters. The lowest BCUT2D eigenvalue weighted by molar-refractivity contribution is 0.358. The number of rotatable bonds is 7. The van der Waals surface area contributed by atoms with E-state index < -0.39 is 0 Å². The number of anilines is 1. The number of aryl methyl sites for hydroxylation is 1. The number of hydrogen-bond acceptors (Lipinski definition) is 6. The van der Waals surface area contributed by atoms with Gasteiger partial charge in [-0.05, 0) is 20.3 Å². The van der Waals surface area contributed by atoms with Crippen LogP contribution in [0.15, 0.2) is 6.20 Å². The fourth-order valence-electron chi connectivity index (χ4n) is 3.00. The van der Waals surface area contributed by atoms with Crippen molar-refractivity contribution >= 4 is 16.5 Å². The third-order valence-electron chi connectivity index (χ3n) is 4.53. The molecule has 0 spiro atoms. The number of hydrogen-bond donors (Lipinski definition) is 1. The summed E-state index contributed by atoms with van der Waals surface area (Å²) in [6.07, 6.45) is 4.13. The number of aromatic nitrogens is 4. The molecule has 3 rings (SSSR count). The van der Waals surface area contributed by atoms with Gasteiger partial charge in [-0.25, -0.2) is 14.6 Å². The summed E-state index contributed by atoms with van der Waals surface area (Å²) in [4.78, 5) is 12.8. The Hall–Kier alpha value is -1.47. The summed E-state index contributed by atoms with van der Waals surface area (Å²) in [6, 6.07) is 0.457. The molecule has 7 heteroatoms. The Morgan fingerprint density at radius 1 is 1.38 bits per heavy atom. The molecule has 0 aliphatic carbocycles. The molecule has 1 aliphatic rings. The number of thiazole rings is 1. The van der Waals surface area contributed by atoms with Crippen molar-refractivity contribution in [2.45, 2.75) is 65.6 Å². The van der Waals surface area contributed by atoms with Gasteiger partial charge in [-0.1, -0.05) is 13.8 Å². The first-order valence-electron chi connectivity index (χ1n) is 8.97. The fourth-order valence-corrected chi connectivity index (χ4v) is 3.99. The van der Waals surface area contributed by atoms with Gasteiger partial charge >= 0.3 is 0 Å². The molecule has 0 saturated heterocycles. The molecule has 3 heterocycles. The summed E-state index contributed by atoms with van der Waals surface area (Å²) < 4.78 is 2.09. The van der Waals surface area contributed by atoms with Crippen molar-refractivity contribution in [1.29, 1.82) is 0 Å². The van der Waals surface area contributed by atoms with Crippen molar-refractivity contribution in [3.8, 4) is 0 Å². The number of nitrogens with zero attached hydrogens (tertiary/aromatic N) is 5. The van der Waals surface area contributed by atoms with Crippen LogP contribution in [0.5, 0.6) is 0 Å².